The summed E-state index contributed by atoms with van der Waals surface area (Å²) < 4.78 is 2.10. The molecular formula is C25H31N7O2. The normalized spacial score (nSPS) is 16.8. The highest BCUT2D eigenvalue weighted by Gasteiger charge is 2.27. The van der Waals surface area contributed by atoms with Gasteiger partial charge in [-0.3, -0.25) is 14.9 Å². The first kappa shape index (κ1) is 23.6. The number of hydrogen-bond donors (Lipinski definition) is 1. The number of likely N-dealkylation sites (tertiary alicyclic amines) is 1. The summed E-state index contributed by atoms with van der Waals surface area (Å²) in [6.45, 7) is 4.04. The predicted molar refractivity (Wildman–Crippen MR) is 132 cm³/mol. The lowest BCUT2D eigenvalue weighted by Crippen LogP contribution is -2.35. The third-order valence-corrected chi connectivity index (χ3v) is 6.04. The highest BCUT2D eigenvalue weighted by Crippen LogP contribution is 2.32. The van der Waals surface area contributed by atoms with Gasteiger partial charge in [0.2, 0.25) is 11.9 Å². The van der Waals surface area contributed by atoms with E-state index in [2.05, 4.69) is 20.1 Å². The maximum absolute atomic E-state index is 12.9. The van der Waals surface area contributed by atoms with Gasteiger partial charge in [0.15, 0.2) is 0 Å². The number of carbonyl (C=O) groups is 2. The first-order valence-electron chi connectivity index (χ1n) is 11.6. The number of fused-ring (bicyclic) bond motifs is 1. The van der Waals surface area contributed by atoms with Crippen molar-refractivity contribution in [1.29, 1.82) is 0 Å². The van der Waals surface area contributed by atoms with Crippen molar-refractivity contribution in [3.63, 3.8) is 0 Å². The van der Waals surface area contributed by atoms with E-state index in [9.17, 15) is 9.59 Å². The number of aryl methyl sites for hydroxylation is 1. The first-order chi connectivity index (χ1) is 16.4. The molecule has 1 saturated heterocycles. The molecule has 0 bridgehead atoms. The number of anilines is 1. The fourth-order valence-corrected chi connectivity index (χ4v) is 4.36. The third-order valence-electron chi connectivity index (χ3n) is 6.04. The lowest BCUT2D eigenvalue weighted by Gasteiger charge is -2.26. The van der Waals surface area contributed by atoms with Crippen LogP contribution in [0.3, 0.4) is 0 Å². The summed E-state index contributed by atoms with van der Waals surface area (Å²) >= 11 is 0. The highest BCUT2D eigenvalue weighted by molar-refractivity contribution is 6.04. The minimum absolute atomic E-state index is 0.00864. The molecule has 9 heteroatoms. The van der Waals surface area contributed by atoms with E-state index in [1.165, 1.54) is 12.4 Å². The largest absolute Gasteiger partial charge is 0.337 e. The Labute approximate surface area is 199 Å². The SMILES string of the molecule is Cc1cccc2nc(NC(=O)c3ccnnc3)n([C@@H]3CCCCN(C(=O)/C=C/CN(C)C)C3)c12. The van der Waals surface area contributed by atoms with Crippen molar-refractivity contribution in [2.24, 2.45) is 0 Å². The van der Waals surface area contributed by atoms with Crippen molar-refractivity contribution in [2.45, 2.75) is 32.2 Å². The lowest BCUT2D eigenvalue weighted by molar-refractivity contribution is -0.126. The molecule has 0 saturated carbocycles. The average Bonchev–Trinajstić information content (AvgIpc) is 3.01. The van der Waals surface area contributed by atoms with Gasteiger partial charge in [-0.2, -0.15) is 10.2 Å². The lowest BCUT2D eigenvalue weighted by atomic mass is 10.1. The first-order valence-corrected chi connectivity index (χ1v) is 11.6. The van der Waals surface area contributed by atoms with Gasteiger partial charge >= 0.3 is 0 Å². The molecule has 3 heterocycles. The Morgan fingerprint density at radius 2 is 2.06 bits per heavy atom. The maximum Gasteiger partial charge on any atom is 0.259 e. The van der Waals surface area contributed by atoms with E-state index in [0.29, 0.717) is 24.6 Å². The zero-order valence-electron chi connectivity index (χ0n) is 19.9. The second-order valence-electron chi connectivity index (χ2n) is 8.93. The Morgan fingerprint density at radius 1 is 1.21 bits per heavy atom. The third kappa shape index (κ3) is 5.31. The Hall–Kier alpha value is -3.59. The van der Waals surface area contributed by atoms with Gasteiger partial charge < -0.3 is 14.4 Å². The standard InChI is InChI=1S/C25H31N7O2/c1-18-8-6-10-21-23(18)32(25(28-21)29-24(34)19-12-13-26-27-16-19)20-9-4-5-15-31(17-20)22(33)11-7-14-30(2)3/h6-8,10-13,16,20H,4-5,9,14-15,17H2,1-3H3,(H,28,29,34)/b11-7+/t20-/m1/s1. The van der Waals surface area contributed by atoms with Gasteiger partial charge in [0.1, 0.15) is 0 Å². The number of likely N-dealkylation sites (N-methyl/N-ethyl adjacent to an activating group) is 1. The van der Waals surface area contributed by atoms with E-state index < -0.39 is 0 Å². The van der Waals surface area contributed by atoms with Crippen LogP contribution in [0, 0.1) is 6.92 Å². The maximum atomic E-state index is 12.9. The van der Waals surface area contributed by atoms with Gasteiger partial charge in [-0.15, -0.1) is 0 Å². The molecular weight excluding hydrogens is 430 g/mol. The smallest absolute Gasteiger partial charge is 0.259 e. The van der Waals surface area contributed by atoms with Gasteiger partial charge in [0, 0.05) is 25.7 Å². The Morgan fingerprint density at radius 3 is 2.82 bits per heavy atom. The quantitative estimate of drug-likeness (QED) is 0.567. The summed E-state index contributed by atoms with van der Waals surface area (Å²) in [5.74, 6) is 0.203. The van der Waals surface area contributed by atoms with Crippen LogP contribution in [0.15, 0.2) is 48.8 Å². The van der Waals surface area contributed by atoms with Gasteiger partial charge in [0.05, 0.1) is 35.0 Å². The highest BCUT2D eigenvalue weighted by atomic mass is 16.2. The molecule has 3 aromatic rings. The zero-order valence-corrected chi connectivity index (χ0v) is 19.9. The number of aromatic nitrogens is 4. The van der Waals surface area contributed by atoms with Crippen molar-refractivity contribution in [1.82, 2.24) is 29.5 Å². The number of amides is 2. The molecule has 1 atom stereocenters. The molecule has 0 aliphatic carbocycles. The van der Waals surface area contributed by atoms with E-state index in [0.717, 1.165) is 42.4 Å². The molecule has 2 amide bonds. The number of nitrogens with zero attached hydrogens (tertiary/aromatic N) is 6. The molecule has 0 unspecified atom stereocenters. The van der Waals surface area contributed by atoms with Crippen LogP contribution in [0.2, 0.25) is 0 Å². The zero-order chi connectivity index (χ0) is 24.1. The van der Waals surface area contributed by atoms with Crippen LogP contribution in [0.25, 0.3) is 11.0 Å². The second kappa shape index (κ2) is 10.6. The number of carbonyl (C=O) groups excluding carboxylic acids is 2. The number of imidazole rings is 1. The number of rotatable bonds is 6. The minimum Gasteiger partial charge on any atom is -0.337 e. The topological polar surface area (TPSA) is 96.3 Å². The molecule has 1 aliphatic rings. The van der Waals surface area contributed by atoms with Gasteiger partial charge in [-0.05, 0) is 58.0 Å². The summed E-state index contributed by atoms with van der Waals surface area (Å²) in [6, 6.07) is 7.57. The van der Waals surface area contributed by atoms with Crippen LogP contribution in [0.5, 0.6) is 0 Å². The molecule has 1 fully saturated rings. The molecule has 1 aliphatic heterocycles. The Balaban J connectivity index is 1.67. The fraction of sp³-hybridized carbons (Fsp3) is 0.400. The second-order valence-corrected chi connectivity index (χ2v) is 8.93. The molecule has 0 radical (unpaired) electrons. The average molecular weight is 462 g/mol. The molecule has 2 aromatic heterocycles. The molecule has 4 rings (SSSR count). The summed E-state index contributed by atoms with van der Waals surface area (Å²) in [6.07, 6.45) is 9.31. The summed E-state index contributed by atoms with van der Waals surface area (Å²) in [7, 11) is 3.95. The van der Waals surface area contributed by atoms with Crippen LogP contribution >= 0.6 is 0 Å². The van der Waals surface area contributed by atoms with Crippen molar-refractivity contribution < 1.29 is 9.59 Å². The van der Waals surface area contributed by atoms with Gasteiger partial charge in [-0.25, -0.2) is 4.98 Å². The summed E-state index contributed by atoms with van der Waals surface area (Å²) in [4.78, 5) is 34.5. The molecule has 9 nitrogen and oxygen atoms in total. The van der Waals surface area contributed by atoms with Crippen molar-refractivity contribution >= 4 is 28.8 Å². The molecule has 34 heavy (non-hydrogen) atoms. The minimum atomic E-state index is -0.294. The van der Waals surface area contributed by atoms with Crippen LogP contribution in [0.1, 0.15) is 41.2 Å². The Kier molecular flexibility index (Phi) is 7.32. The van der Waals surface area contributed by atoms with E-state index in [-0.39, 0.29) is 17.9 Å². The summed E-state index contributed by atoms with van der Waals surface area (Å²) in [5, 5.41) is 10.5. The molecule has 1 aromatic carbocycles. The van der Waals surface area contributed by atoms with Crippen molar-refractivity contribution in [3.05, 3.63) is 59.9 Å². The summed E-state index contributed by atoms with van der Waals surface area (Å²) in [5.41, 5.74) is 3.28. The van der Waals surface area contributed by atoms with Gasteiger partial charge in [-0.1, -0.05) is 18.2 Å². The predicted octanol–water partition coefficient (Wildman–Crippen LogP) is 3.06. The van der Waals surface area contributed by atoms with E-state index in [1.807, 2.05) is 55.1 Å². The number of benzene rings is 1. The van der Waals surface area contributed by atoms with Crippen LogP contribution in [-0.4, -0.2) is 75.1 Å². The van der Waals surface area contributed by atoms with Gasteiger partial charge in [0.25, 0.3) is 5.91 Å². The van der Waals surface area contributed by atoms with Crippen LogP contribution in [0.4, 0.5) is 5.95 Å². The monoisotopic (exact) mass is 461 g/mol. The number of hydrogen-bond acceptors (Lipinski definition) is 6. The fourth-order valence-electron chi connectivity index (χ4n) is 4.36. The number of nitrogens with one attached hydrogen (secondary N) is 1. The molecule has 1 N–H and O–H groups in total. The van der Waals surface area contributed by atoms with Crippen LogP contribution in [-0.2, 0) is 4.79 Å². The Bertz CT molecular complexity index is 1190. The molecule has 178 valence electrons. The van der Waals surface area contributed by atoms with E-state index >= 15 is 0 Å². The van der Waals surface area contributed by atoms with Crippen molar-refractivity contribution in [3.8, 4) is 0 Å². The van der Waals surface area contributed by atoms with E-state index in [4.69, 9.17) is 4.98 Å². The van der Waals surface area contributed by atoms with Crippen molar-refractivity contribution in [2.75, 3.05) is 39.0 Å². The molecule has 0 spiro atoms. The van der Waals surface area contributed by atoms with Crippen LogP contribution < -0.4 is 5.32 Å². The number of para-hydroxylation sites is 1. The van der Waals surface area contributed by atoms with E-state index in [1.54, 1.807) is 12.1 Å².